The van der Waals surface area contributed by atoms with Crippen molar-refractivity contribution in [3.63, 3.8) is 0 Å². The average molecular weight is 454 g/mol. The molecule has 4 rings (SSSR count). The van der Waals surface area contributed by atoms with Gasteiger partial charge in [-0.1, -0.05) is 0 Å². The van der Waals surface area contributed by atoms with Crippen molar-refractivity contribution in [2.24, 2.45) is 0 Å². The van der Waals surface area contributed by atoms with Gasteiger partial charge in [0, 0.05) is 34.0 Å². The molecule has 10 heteroatoms. The summed E-state index contributed by atoms with van der Waals surface area (Å²) in [4.78, 5) is 54.3. The van der Waals surface area contributed by atoms with Crippen LogP contribution in [0.25, 0.3) is 21.9 Å². The van der Waals surface area contributed by atoms with Gasteiger partial charge in [0.15, 0.2) is 0 Å². The lowest BCUT2D eigenvalue weighted by Crippen LogP contribution is -1.96. The maximum Gasteiger partial charge on any atom is 0.373 e. The van der Waals surface area contributed by atoms with Gasteiger partial charge in [-0.2, -0.15) is 19.2 Å². The van der Waals surface area contributed by atoms with Crippen LogP contribution in [0.4, 0.5) is 0 Å². The van der Waals surface area contributed by atoms with Crippen molar-refractivity contribution in [1.82, 2.24) is 0 Å². The van der Waals surface area contributed by atoms with Crippen molar-refractivity contribution in [3.05, 3.63) is 80.5 Å². The number of methoxy groups -OCH3 is 1. The van der Waals surface area contributed by atoms with Crippen molar-refractivity contribution < 1.29 is 37.9 Å². The third kappa shape index (κ3) is 7.15. The van der Waals surface area contributed by atoms with Gasteiger partial charge in [-0.3, -0.25) is 0 Å². The highest BCUT2D eigenvalue weighted by Crippen LogP contribution is 2.26. The Morgan fingerprint density at radius 3 is 1.58 bits per heavy atom. The Bertz CT molecular complexity index is 1410. The molecule has 1 N–H and O–H groups in total. The number of hydrogen-bond donors (Lipinski definition) is 1. The number of phenolic OH excluding ortho intramolecular Hbond substituents is 1. The third-order valence-electron chi connectivity index (χ3n) is 4.28. The molecule has 0 saturated carbocycles. The van der Waals surface area contributed by atoms with E-state index in [1.165, 1.54) is 18.2 Å². The fourth-order valence-corrected chi connectivity index (χ4v) is 2.78. The minimum Gasteiger partial charge on any atom is -0.508 e. The molecule has 0 saturated heterocycles. The first-order chi connectivity index (χ1) is 15.7. The molecule has 2 heterocycles. The molecule has 33 heavy (non-hydrogen) atoms. The van der Waals surface area contributed by atoms with Gasteiger partial charge in [-0.25, -0.2) is 9.59 Å². The molecule has 0 aliphatic carbocycles. The first-order valence-electron chi connectivity index (χ1n) is 9.02. The van der Waals surface area contributed by atoms with Crippen LogP contribution in [0.2, 0.25) is 0 Å². The van der Waals surface area contributed by atoms with Crippen LogP contribution >= 0.6 is 0 Å². The zero-order valence-corrected chi connectivity index (χ0v) is 17.7. The van der Waals surface area contributed by atoms with E-state index < -0.39 is 0 Å². The standard InChI is InChI=1S/C11H10O3.C10H8O3.2CO2/c1-7-8-3-6-11(12)14-10(8)5-4-9(7)13-2;1-6-7-2-5-10(12)13-9(7)4-3-8(6)11;2*2-1-3/h3-6H,1-2H3;2-5,11H,1H3;;. The maximum absolute atomic E-state index is 11.0. The van der Waals surface area contributed by atoms with Gasteiger partial charge in [0.25, 0.3) is 0 Å². The summed E-state index contributed by atoms with van der Waals surface area (Å²) in [5.74, 6) is 1.01. The molecule has 0 fully saturated rings. The van der Waals surface area contributed by atoms with Gasteiger partial charge in [0.1, 0.15) is 22.7 Å². The average Bonchev–Trinajstić information content (AvgIpc) is 2.78. The van der Waals surface area contributed by atoms with Crippen LogP contribution in [0, 0.1) is 13.8 Å². The summed E-state index contributed by atoms with van der Waals surface area (Å²) in [7, 11) is 1.62. The molecule has 4 aromatic rings. The smallest absolute Gasteiger partial charge is 0.373 e. The second kappa shape index (κ2) is 12.8. The fourth-order valence-electron chi connectivity index (χ4n) is 2.78. The quantitative estimate of drug-likeness (QED) is 0.424. The van der Waals surface area contributed by atoms with Crippen molar-refractivity contribution in [3.8, 4) is 11.5 Å². The molecule has 10 nitrogen and oxygen atoms in total. The number of aryl methyl sites for hydroxylation is 2. The number of phenols is 1. The normalized spacial score (nSPS) is 9.06. The van der Waals surface area contributed by atoms with E-state index in [4.69, 9.17) is 32.7 Å². The van der Waals surface area contributed by atoms with Gasteiger partial charge in [0.05, 0.1) is 7.11 Å². The number of benzene rings is 2. The predicted molar refractivity (Wildman–Crippen MR) is 113 cm³/mol. The van der Waals surface area contributed by atoms with Crippen LogP contribution in [0.3, 0.4) is 0 Å². The number of rotatable bonds is 1. The number of hydrogen-bond acceptors (Lipinski definition) is 10. The molecular weight excluding hydrogens is 436 g/mol. The summed E-state index contributed by atoms with van der Waals surface area (Å²) in [6, 6.07) is 12.8. The van der Waals surface area contributed by atoms with Gasteiger partial charge < -0.3 is 18.7 Å². The van der Waals surface area contributed by atoms with Crippen molar-refractivity contribution in [2.75, 3.05) is 7.11 Å². The van der Waals surface area contributed by atoms with E-state index in [2.05, 4.69) is 0 Å². The number of fused-ring (bicyclic) bond motifs is 2. The van der Waals surface area contributed by atoms with Crippen LogP contribution in [0.5, 0.6) is 11.5 Å². The van der Waals surface area contributed by atoms with Crippen LogP contribution in [-0.2, 0) is 19.2 Å². The first kappa shape index (κ1) is 26.3. The largest absolute Gasteiger partial charge is 0.508 e. The molecule has 0 amide bonds. The summed E-state index contributed by atoms with van der Waals surface area (Å²) < 4.78 is 15.1. The molecule has 0 radical (unpaired) electrons. The molecule has 0 spiro atoms. The highest BCUT2D eigenvalue weighted by atomic mass is 16.5. The van der Waals surface area contributed by atoms with E-state index in [1.54, 1.807) is 44.4 Å². The Kier molecular flexibility index (Phi) is 10.2. The topological polar surface area (TPSA) is 158 Å². The lowest BCUT2D eigenvalue weighted by molar-refractivity contribution is -0.193. The Hall–Kier alpha value is -4.78. The lowest BCUT2D eigenvalue weighted by atomic mass is 10.1. The van der Waals surface area contributed by atoms with Crippen molar-refractivity contribution in [1.29, 1.82) is 0 Å². The van der Waals surface area contributed by atoms with E-state index in [0.717, 1.165) is 27.6 Å². The molecule has 0 unspecified atom stereocenters. The minimum atomic E-state index is -0.377. The monoisotopic (exact) mass is 454 g/mol. The molecule has 0 atom stereocenters. The zero-order chi connectivity index (χ0) is 25.0. The molecule has 2 aromatic heterocycles. The number of ether oxygens (including phenoxy) is 1. The molecule has 170 valence electrons. The first-order valence-corrected chi connectivity index (χ1v) is 9.02. The lowest BCUT2D eigenvalue weighted by Gasteiger charge is -2.06. The molecular formula is C23H18O10. The fraction of sp³-hybridized carbons (Fsp3) is 0.130. The molecule has 2 aromatic carbocycles. The van der Waals surface area contributed by atoms with Crippen LogP contribution in [0.1, 0.15) is 11.1 Å². The summed E-state index contributed by atoms with van der Waals surface area (Å²) in [5, 5.41) is 11.0. The van der Waals surface area contributed by atoms with E-state index in [9.17, 15) is 14.7 Å². The molecule has 0 aliphatic rings. The minimum absolute atomic E-state index is 0.210. The highest BCUT2D eigenvalue weighted by molar-refractivity contribution is 5.83. The SMILES string of the molecule is COc1ccc2oc(=O)ccc2c1C.Cc1c(O)ccc2oc(=O)ccc12.O=C=O.O=C=O. The molecule has 0 aliphatic heterocycles. The summed E-state index contributed by atoms with van der Waals surface area (Å²) in [5.41, 5.74) is 2.09. The van der Waals surface area contributed by atoms with E-state index >= 15 is 0 Å². The van der Waals surface area contributed by atoms with Gasteiger partial charge >= 0.3 is 23.6 Å². The predicted octanol–water partition coefficient (Wildman–Crippen LogP) is 2.75. The van der Waals surface area contributed by atoms with E-state index in [-0.39, 0.29) is 29.3 Å². The van der Waals surface area contributed by atoms with Crippen LogP contribution in [0.15, 0.2) is 67.0 Å². The summed E-state index contributed by atoms with van der Waals surface area (Å²) >= 11 is 0. The molecule has 0 bridgehead atoms. The Morgan fingerprint density at radius 1 is 0.697 bits per heavy atom. The number of carbonyl (C=O) groups excluding carboxylic acids is 4. The third-order valence-corrected chi connectivity index (χ3v) is 4.28. The van der Waals surface area contributed by atoms with Crippen LogP contribution in [-0.4, -0.2) is 24.5 Å². The van der Waals surface area contributed by atoms with E-state index in [0.29, 0.717) is 11.2 Å². The Balaban J connectivity index is 0.000000268. The van der Waals surface area contributed by atoms with E-state index in [1.807, 2.05) is 6.92 Å². The van der Waals surface area contributed by atoms with Crippen LogP contribution < -0.4 is 16.0 Å². The van der Waals surface area contributed by atoms with Gasteiger partial charge in [-0.15, -0.1) is 0 Å². The van der Waals surface area contributed by atoms with Gasteiger partial charge in [-0.05, 0) is 50.2 Å². The maximum atomic E-state index is 11.0. The highest BCUT2D eigenvalue weighted by Gasteiger charge is 2.05. The second-order valence-corrected chi connectivity index (χ2v) is 6.10. The van der Waals surface area contributed by atoms with Gasteiger partial charge in [0.2, 0.25) is 0 Å². The summed E-state index contributed by atoms with van der Waals surface area (Å²) in [6.45, 7) is 3.71. The Morgan fingerprint density at radius 2 is 1.12 bits per heavy atom. The summed E-state index contributed by atoms with van der Waals surface area (Å²) in [6.07, 6.45) is 0.500. The zero-order valence-electron chi connectivity index (χ0n) is 17.7. The van der Waals surface area contributed by atoms with Crippen molar-refractivity contribution in [2.45, 2.75) is 13.8 Å². The Labute approximate surface area is 185 Å². The van der Waals surface area contributed by atoms with Crippen molar-refractivity contribution >= 4 is 34.2 Å². The second-order valence-electron chi connectivity index (χ2n) is 6.10. The number of aromatic hydroxyl groups is 1.